The van der Waals surface area contributed by atoms with Crippen LogP contribution in [0.25, 0.3) is 6.08 Å². The quantitative estimate of drug-likeness (QED) is 0.899. The number of amides is 2. The van der Waals surface area contributed by atoms with Crippen LogP contribution in [0.2, 0.25) is 0 Å². The van der Waals surface area contributed by atoms with Crippen LogP contribution in [-0.4, -0.2) is 48.6 Å². The Labute approximate surface area is 156 Å². The summed E-state index contributed by atoms with van der Waals surface area (Å²) in [5.41, 5.74) is 4.42. The summed E-state index contributed by atoms with van der Waals surface area (Å²) >= 11 is 0. The number of aryl methyl sites for hydroxylation is 2. The number of piperazine rings is 1. The van der Waals surface area contributed by atoms with E-state index < -0.39 is 0 Å². The van der Waals surface area contributed by atoms with Crippen LogP contribution in [0.1, 0.15) is 16.7 Å². The lowest BCUT2D eigenvalue weighted by Gasteiger charge is -2.34. The van der Waals surface area contributed by atoms with Crippen LogP contribution < -0.4 is 5.32 Å². The minimum absolute atomic E-state index is 0.00330. The number of hydrogen-bond acceptors (Lipinski definition) is 2. The monoisotopic (exact) mass is 349 g/mol. The lowest BCUT2D eigenvalue weighted by atomic mass is 10.1. The van der Waals surface area contributed by atoms with Gasteiger partial charge in [0.1, 0.15) is 0 Å². The Kier molecular flexibility index (Phi) is 6.08. The average molecular weight is 349 g/mol. The topological polar surface area (TPSA) is 35.6 Å². The van der Waals surface area contributed by atoms with Gasteiger partial charge in [-0.2, -0.15) is 0 Å². The summed E-state index contributed by atoms with van der Waals surface area (Å²) in [7, 11) is 0. The van der Waals surface area contributed by atoms with Gasteiger partial charge >= 0.3 is 6.03 Å². The number of rotatable bonds is 4. The molecule has 0 aliphatic carbocycles. The second-order valence-electron chi connectivity index (χ2n) is 6.85. The Hall–Kier alpha value is -2.59. The molecule has 2 amide bonds. The number of urea groups is 1. The lowest BCUT2D eigenvalue weighted by Crippen LogP contribution is -2.50. The van der Waals surface area contributed by atoms with Crippen molar-refractivity contribution in [3.8, 4) is 0 Å². The molecule has 2 aromatic rings. The summed E-state index contributed by atoms with van der Waals surface area (Å²) in [5, 5.41) is 3.04. The molecule has 4 heteroatoms. The van der Waals surface area contributed by atoms with Gasteiger partial charge in [-0.1, -0.05) is 60.2 Å². The Bertz CT molecular complexity index is 762. The third kappa shape index (κ3) is 4.96. The molecule has 3 rings (SSSR count). The highest BCUT2D eigenvalue weighted by molar-refractivity contribution is 5.90. The van der Waals surface area contributed by atoms with Crippen LogP contribution in [0.3, 0.4) is 0 Å². The van der Waals surface area contributed by atoms with E-state index in [1.165, 1.54) is 11.1 Å². The van der Waals surface area contributed by atoms with Crippen molar-refractivity contribution < 1.29 is 4.79 Å². The predicted molar refractivity (Wildman–Crippen MR) is 108 cm³/mol. The molecule has 0 aromatic heterocycles. The molecule has 1 saturated heterocycles. The number of hydrogen-bond donors (Lipinski definition) is 1. The van der Waals surface area contributed by atoms with Crippen molar-refractivity contribution in [2.24, 2.45) is 0 Å². The molecule has 0 atom stereocenters. The fraction of sp³-hybridized carbons (Fsp3) is 0.318. The minimum atomic E-state index is -0.00330. The first-order chi connectivity index (χ1) is 12.6. The van der Waals surface area contributed by atoms with Gasteiger partial charge in [-0.05, 0) is 31.0 Å². The van der Waals surface area contributed by atoms with Gasteiger partial charge in [0.2, 0.25) is 0 Å². The third-order valence-corrected chi connectivity index (χ3v) is 4.76. The summed E-state index contributed by atoms with van der Waals surface area (Å²) in [6, 6.07) is 16.4. The SMILES string of the molecule is Cc1ccc(NC(=O)N2CCN(CC=Cc3ccccc3)CC2)c(C)c1. The maximum Gasteiger partial charge on any atom is 0.321 e. The molecule has 0 saturated carbocycles. The molecule has 1 aliphatic heterocycles. The fourth-order valence-electron chi connectivity index (χ4n) is 3.18. The van der Waals surface area contributed by atoms with Gasteiger partial charge in [0, 0.05) is 38.4 Å². The standard InChI is InChI=1S/C22H27N3O/c1-18-10-11-21(19(2)17-18)23-22(26)25-15-13-24(14-16-25)12-6-9-20-7-4-3-5-8-20/h3-11,17H,12-16H2,1-2H3,(H,23,26). The number of nitrogens with zero attached hydrogens (tertiary/aromatic N) is 2. The van der Waals surface area contributed by atoms with Gasteiger partial charge in [-0.15, -0.1) is 0 Å². The zero-order valence-electron chi connectivity index (χ0n) is 15.6. The summed E-state index contributed by atoms with van der Waals surface area (Å²) in [6.07, 6.45) is 4.35. The van der Waals surface area contributed by atoms with Gasteiger partial charge in [0.15, 0.2) is 0 Å². The molecule has 1 heterocycles. The van der Waals surface area contributed by atoms with E-state index in [1.54, 1.807) is 0 Å². The fourth-order valence-corrected chi connectivity index (χ4v) is 3.18. The molecule has 1 fully saturated rings. The molecule has 4 nitrogen and oxygen atoms in total. The summed E-state index contributed by atoms with van der Waals surface area (Å²) < 4.78 is 0. The number of anilines is 1. The molecular formula is C22H27N3O. The number of carbonyl (C=O) groups is 1. The summed E-state index contributed by atoms with van der Waals surface area (Å²) in [5.74, 6) is 0. The van der Waals surface area contributed by atoms with Gasteiger partial charge in [-0.3, -0.25) is 4.90 Å². The van der Waals surface area contributed by atoms with Gasteiger partial charge in [-0.25, -0.2) is 4.79 Å². The van der Waals surface area contributed by atoms with Gasteiger partial charge in [0.05, 0.1) is 0 Å². The van der Waals surface area contributed by atoms with Crippen molar-refractivity contribution in [2.75, 3.05) is 38.0 Å². The molecule has 136 valence electrons. The van der Waals surface area contributed by atoms with Crippen molar-refractivity contribution in [1.29, 1.82) is 0 Å². The summed E-state index contributed by atoms with van der Waals surface area (Å²) in [6.45, 7) is 8.33. The number of carbonyl (C=O) groups excluding carboxylic acids is 1. The van der Waals surface area contributed by atoms with E-state index in [9.17, 15) is 4.79 Å². The highest BCUT2D eigenvalue weighted by Gasteiger charge is 2.20. The van der Waals surface area contributed by atoms with Crippen LogP contribution in [0, 0.1) is 13.8 Å². The predicted octanol–water partition coefficient (Wildman–Crippen LogP) is 4.17. The van der Waals surface area contributed by atoms with Crippen molar-refractivity contribution >= 4 is 17.8 Å². The highest BCUT2D eigenvalue weighted by Crippen LogP contribution is 2.17. The first-order valence-corrected chi connectivity index (χ1v) is 9.19. The van der Waals surface area contributed by atoms with E-state index in [0.717, 1.165) is 44.0 Å². The number of nitrogens with one attached hydrogen (secondary N) is 1. The zero-order valence-corrected chi connectivity index (χ0v) is 15.6. The molecule has 0 spiro atoms. The van der Waals surface area contributed by atoms with Crippen LogP contribution in [0.4, 0.5) is 10.5 Å². The summed E-state index contributed by atoms with van der Waals surface area (Å²) in [4.78, 5) is 16.8. The Balaban J connectivity index is 1.45. The molecule has 2 aromatic carbocycles. The largest absolute Gasteiger partial charge is 0.322 e. The van der Waals surface area contributed by atoms with E-state index >= 15 is 0 Å². The van der Waals surface area contributed by atoms with E-state index in [0.29, 0.717) is 0 Å². The van der Waals surface area contributed by atoms with E-state index in [1.807, 2.05) is 42.2 Å². The van der Waals surface area contributed by atoms with Crippen molar-refractivity contribution in [2.45, 2.75) is 13.8 Å². The van der Waals surface area contributed by atoms with E-state index in [2.05, 4.69) is 47.5 Å². The zero-order chi connectivity index (χ0) is 18.4. The Morgan fingerprint density at radius 2 is 1.77 bits per heavy atom. The number of benzene rings is 2. The average Bonchev–Trinajstić information content (AvgIpc) is 2.65. The Morgan fingerprint density at radius 1 is 1.04 bits per heavy atom. The first kappa shape index (κ1) is 18.2. The van der Waals surface area contributed by atoms with Gasteiger partial charge < -0.3 is 10.2 Å². The maximum absolute atomic E-state index is 12.5. The van der Waals surface area contributed by atoms with Crippen LogP contribution in [0.15, 0.2) is 54.6 Å². The van der Waals surface area contributed by atoms with Gasteiger partial charge in [0.25, 0.3) is 0 Å². The van der Waals surface area contributed by atoms with Crippen molar-refractivity contribution in [3.05, 3.63) is 71.3 Å². The second-order valence-corrected chi connectivity index (χ2v) is 6.85. The van der Waals surface area contributed by atoms with Crippen LogP contribution in [0.5, 0.6) is 0 Å². The van der Waals surface area contributed by atoms with Crippen LogP contribution in [-0.2, 0) is 0 Å². The molecule has 1 N–H and O–H groups in total. The maximum atomic E-state index is 12.5. The lowest BCUT2D eigenvalue weighted by molar-refractivity contribution is 0.156. The van der Waals surface area contributed by atoms with Crippen molar-refractivity contribution in [3.63, 3.8) is 0 Å². The van der Waals surface area contributed by atoms with E-state index in [-0.39, 0.29) is 6.03 Å². The molecule has 0 bridgehead atoms. The van der Waals surface area contributed by atoms with Crippen molar-refractivity contribution in [1.82, 2.24) is 9.80 Å². The minimum Gasteiger partial charge on any atom is -0.322 e. The van der Waals surface area contributed by atoms with Crippen LogP contribution >= 0.6 is 0 Å². The third-order valence-electron chi connectivity index (χ3n) is 4.76. The second kappa shape index (κ2) is 8.68. The molecule has 0 radical (unpaired) electrons. The smallest absolute Gasteiger partial charge is 0.321 e. The molecule has 26 heavy (non-hydrogen) atoms. The molecule has 1 aliphatic rings. The molecular weight excluding hydrogens is 322 g/mol. The Morgan fingerprint density at radius 3 is 2.46 bits per heavy atom. The first-order valence-electron chi connectivity index (χ1n) is 9.19. The highest BCUT2D eigenvalue weighted by atomic mass is 16.2. The molecule has 0 unspecified atom stereocenters. The van der Waals surface area contributed by atoms with E-state index in [4.69, 9.17) is 0 Å². The normalized spacial score (nSPS) is 15.4.